The molecular weight excluding hydrogens is 272 g/mol. The highest BCUT2D eigenvalue weighted by molar-refractivity contribution is 6.51. The van der Waals surface area contributed by atoms with Crippen LogP contribution in [0.2, 0.25) is 13.1 Å². The summed E-state index contributed by atoms with van der Waals surface area (Å²) in [4.78, 5) is 22.6. The molecule has 0 aromatic heterocycles. The van der Waals surface area contributed by atoms with Crippen molar-refractivity contribution in [2.24, 2.45) is 0 Å². The summed E-state index contributed by atoms with van der Waals surface area (Å²) < 4.78 is 5.32. The molecule has 0 bridgehead atoms. The maximum atomic E-state index is 12.1. The molecule has 0 spiro atoms. The summed E-state index contributed by atoms with van der Waals surface area (Å²) in [5.41, 5.74) is 0.731. The molecule has 1 aromatic carbocycles. The standard InChI is InChI=1S/C15H22O4Si/c1-7-11-8-9-12(14(16)18-20(5)6)13(10-11)17-19-15(2,3)4/h7-10,20H,1H2,2-6H3. The van der Waals surface area contributed by atoms with Gasteiger partial charge in [0, 0.05) is 0 Å². The zero-order chi connectivity index (χ0) is 15.3. The van der Waals surface area contributed by atoms with E-state index in [4.69, 9.17) is 14.2 Å². The Morgan fingerprint density at radius 2 is 1.95 bits per heavy atom. The van der Waals surface area contributed by atoms with Crippen LogP contribution in [0, 0.1) is 0 Å². The van der Waals surface area contributed by atoms with Crippen molar-refractivity contribution in [3.63, 3.8) is 0 Å². The molecule has 0 unspecified atom stereocenters. The summed E-state index contributed by atoms with van der Waals surface area (Å²) in [7, 11) is -1.46. The Morgan fingerprint density at radius 3 is 2.45 bits per heavy atom. The lowest BCUT2D eigenvalue weighted by Gasteiger charge is -2.19. The normalized spacial score (nSPS) is 11.3. The monoisotopic (exact) mass is 294 g/mol. The molecule has 1 rings (SSSR count). The van der Waals surface area contributed by atoms with Gasteiger partial charge in [0.1, 0.15) is 11.2 Å². The number of hydrogen-bond acceptors (Lipinski definition) is 4. The Balaban J connectivity index is 3.03. The molecule has 0 aliphatic heterocycles. The Bertz CT molecular complexity index is 489. The largest absolute Gasteiger partial charge is 0.519 e. The van der Waals surface area contributed by atoms with Crippen LogP contribution in [-0.2, 0) is 9.31 Å². The molecule has 4 nitrogen and oxygen atoms in total. The lowest BCUT2D eigenvalue weighted by Crippen LogP contribution is -2.22. The van der Waals surface area contributed by atoms with Crippen LogP contribution in [0.25, 0.3) is 6.08 Å². The number of benzene rings is 1. The first kappa shape index (κ1) is 16.5. The maximum Gasteiger partial charge on any atom is 0.328 e. The molecule has 0 N–H and O–H groups in total. The van der Waals surface area contributed by atoms with E-state index in [-0.39, 0.29) is 5.97 Å². The highest BCUT2D eigenvalue weighted by Crippen LogP contribution is 2.24. The average molecular weight is 294 g/mol. The highest BCUT2D eigenvalue weighted by Gasteiger charge is 2.19. The molecule has 5 heteroatoms. The zero-order valence-electron chi connectivity index (χ0n) is 12.7. The van der Waals surface area contributed by atoms with Crippen molar-refractivity contribution in [2.75, 3.05) is 0 Å². The number of carbonyl (C=O) groups excluding carboxylic acids is 1. The third-order valence-corrected chi connectivity index (χ3v) is 2.87. The minimum Gasteiger partial charge on any atom is -0.519 e. The summed E-state index contributed by atoms with van der Waals surface area (Å²) in [6, 6.07) is 5.16. The molecule has 0 heterocycles. The molecule has 0 aliphatic carbocycles. The van der Waals surface area contributed by atoms with Gasteiger partial charge in [0.25, 0.3) is 0 Å². The van der Waals surface area contributed by atoms with Crippen molar-refractivity contribution in [1.29, 1.82) is 0 Å². The lowest BCUT2D eigenvalue weighted by molar-refractivity contribution is -0.274. The fraction of sp³-hybridized carbons (Fsp3) is 0.400. The van der Waals surface area contributed by atoms with Crippen LogP contribution in [0.15, 0.2) is 24.8 Å². The SMILES string of the molecule is C=Cc1ccc(C(=O)O[SiH](C)C)c(OOC(C)(C)C)c1. The van der Waals surface area contributed by atoms with E-state index in [9.17, 15) is 4.79 Å². The van der Waals surface area contributed by atoms with Gasteiger partial charge < -0.3 is 9.31 Å². The maximum absolute atomic E-state index is 12.1. The predicted octanol–water partition coefficient (Wildman–Crippen LogP) is 3.58. The number of rotatable bonds is 5. The van der Waals surface area contributed by atoms with E-state index >= 15 is 0 Å². The Morgan fingerprint density at radius 1 is 1.30 bits per heavy atom. The first-order valence-corrected chi connectivity index (χ1v) is 9.34. The first-order chi connectivity index (χ1) is 9.23. The Labute approximate surface area is 122 Å². The Kier molecular flexibility index (Phi) is 5.53. The zero-order valence-corrected chi connectivity index (χ0v) is 13.9. The van der Waals surface area contributed by atoms with Gasteiger partial charge in [-0.15, -0.1) is 0 Å². The minimum absolute atomic E-state index is 0.344. The van der Waals surface area contributed by atoms with Crippen LogP contribution in [0.4, 0.5) is 0 Å². The van der Waals surface area contributed by atoms with Crippen molar-refractivity contribution >= 4 is 21.1 Å². The quantitative estimate of drug-likeness (QED) is 0.473. The van der Waals surface area contributed by atoms with Gasteiger partial charge in [-0.3, -0.25) is 0 Å². The van der Waals surface area contributed by atoms with Gasteiger partial charge in [0.2, 0.25) is 9.04 Å². The molecule has 1 aromatic rings. The van der Waals surface area contributed by atoms with E-state index in [2.05, 4.69) is 6.58 Å². The fourth-order valence-electron chi connectivity index (χ4n) is 1.35. The summed E-state index contributed by atoms with van der Waals surface area (Å²) >= 11 is 0. The highest BCUT2D eigenvalue weighted by atomic mass is 28.3. The molecule has 0 aliphatic rings. The van der Waals surface area contributed by atoms with E-state index in [0.29, 0.717) is 11.3 Å². The Hall–Kier alpha value is -1.59. The van der Waals surface area contributed by atoms with Crippen LogP contribution >= 0.6 is 0 Å². The molecule has 0 amide bonds. The van der Waals surface area contributed by atoms with E-state index in [1.807, 2.05) is 33.9 Å². The van der Waals surface area contributed by atoms with Crippen LogP contribution in [-0.4, -0.2) is 20.6 Å². The van der Waals surface area contributed by atoms with Gasteiger partial charge in [-0.2, -0.15) is 4.89 Å². The topological polar surface area (TPSA) is 44.8 Å². The molecule has 20 heavy (non-hydrogen) atoms. The molecule has 110 valence electrons. The second-order valence-electron chi connectivity index (χ2n) is 5.69. The van der Waals surface area contributed by atoms with Crippen molar-refractivity contribution in [2.45, 2.75) is 39.5 Å². The number of hydrogen-bond donors (Lipinski definition) is 0. The third kappa shape index (κ3) is 5.18. The second kappa shape index (κ2) is 6.72. The molecular formula is C15H22O4Si. The molecule has 0 fully saturated rings. The van der Waals surface area contributed by atoms with E-state index < -0.39 is 14.6 Å². The third-order valence-electron chi connectivity index (χ3n) is 2.19. The lowest BCUT2D eigenvalue weighted by atomic mass is 10.1. The van der Waals surface area contributed by atoms with Crippen LogP contribution < -0.4 is 4.89 Å². The molecule has 0 radical (unpaired) electrons. The van der Waals surface area contributed by atoms with Crippen molar-refractivity contribution < 1.29 is 19.0 Å². The summed E-state index contributed by atoms with van der Waals surface area (Å²) in [6.07, 6.45) is 1.68. The van der Waals surface area contributed by atoms with Gasteiger partial charge in [0.05, 0.1) is 0 Å². The fourth-order valence-corrected chi connectivity index (χ4v) is 1.91. The average Bonchev–Trinajstić information content (AvgIpc) is 2.34. The van der Waals surface area contributed by atoms with Gasteiger partial charge in [-0.25, -0.2) is 4.79 Å². The molecule has 0 saturated carbocycles. The summed E-state index contributed by atoms with van der Waals surface area (Å²) in [6.45, 7) is 13.2. The van der Waals surface area contributed by atoms with Crippen molar-refractivity contribution in [3.05, 3.63) is 35.9 Å². The number of carbonyl (C=O) groups is 1. The first-order valence-electron chi connectivity index (χ1n) is 6.56. The van der Waals surface area contributed by atoms with Gasteiger partial charge >= 0.3 is 5.97 Å². The smallest absolute Gasteiger partial charge is 0.328 e. The van der Waals surface area contributed by atoms with Crippen LogP contribution in [0.3, 0.4) is 0 Å². The van der Waals surface area contributed by atoms with E-state index in [1.165, 1.54) is 0 Å². The van der Waals surface area contributed by atoms with E-state index in [0.717, 1.165) is 5.56 Å². The summed E-state index contributed by atoms with van der Waals surface area (Å²) in [5, 5.41) is 0. The molecule has 0 atom stereocenters. The molecule has 0 saturated heterocycles. The van der Waals surface area contributed by atoms with Crippen LogP contribution in [0.5, 0.6) is 5.75 Å². The van der Waals surface area contributed by atoms with Gasteiger partial charge in [-0.1, -0.05) is 18.7 Å². The van der Waals surface area contributed by atoms with Gasteiger partial charge in [-0.05, 0) is 51.6 Å². The minimum atomic E-state index is -1.46. The van der Waals surface area contributed by atoms with Crippen molar-refractivity contribution in [3.8, 4) is 5.75 Å². The van der Waals surface area contributed by atoms with E-state index in [1.54, 1.807) is 24.3 Å². The predicted molar refractivity (Wildman–Crippen MR) is 82.3 cm³/mol. The van der Waals surface area contributed by atoms with Crippen LogP contribution in [0.1, 0.15) is 36.7 Å². The second-order valence-corrected chi connectivity index (χ2v) is 8.03. The summed E-state index contributed by atoms with van der Waals surface area (Å²) in [5.74, 6) is -0.0354. The van der Waals surface area contributed by atoms with Gasteiger partial charge in [0.15, 0.2) is 5.75 Å². The van der Waals surface area contributed by atoms with Crippen molar-refractivity contribution in [1.82, 2.24) is 0 Å².